The summed E-state index contributed by atoms with van der Waals surface area (Å²) in [5.41, 5.74) is 6.45. The average molecular weight is 352 g/mol. The zero-order valence-corrected chi connectivity index (χ0v) is 14.5. The lowest BCUT2D eigenvalue weighted by Gasteiger charge is -2.08. The highest BCUT2D eigenvalue weighted by atomic mass is 16.5. The minimum Gasteiger partial charge on any atom is -0.484 e. The van der Waals surface area contributed by atoms with E-state index in [1.54, 1.807) is 12.1 Å². The lowest BCUT2D eigenvalue weighted by molar-refractivity contribution is -0.123. The number of carbonyl (C=O) groups excluding carboxylic acids is 2. The topological polar surface area (TPSA) is 80.6 Å². The van der Waals surface area contributed by atoms with E-state index in [1.165, 1.54) is 5.56 Å². The third kappa shape index (κ3) is 4.42. The molecule has 0 saturated carbocycles. The van der Waals surface area contributed by atoms with Gasteiger partial charge >= 0.3 is 5.91 Å². The van der Waals surface area contributed by atoms with Crippen LogP contribution >= 0.6 is 0 Å². The molecule has 0 saturated heterocycles. The standard InChI is InChI=1S/C20H20N2O4/c1-2-5-14-8-10-16(11-9-14)25-13-19(23)21-22-20(24)18-12-15-6-3-4-7-17(15)26-18/h3-4,6-12H,2,5,13H2,1H3,(H,21,23)(H,22,24). The molecule has 0 unspecified atom stereocenters. The van der Waals surface area contributed by atoms with E-state index in [9.17, 15) is 9.59 Å². The highest BCUT2D eigenvalue weighted by Gasteiger charge is 2.13. The van der Waals surface area contributed by atoms with E-state index in [2.05, 4.69) is 17.8 Å². The second kappa shape index (κ2) is 8.20. The van der Waals surface area contributed by atoms with Crippen molar-refractivity contribution in [3.63, 3.8) is 0 Å². The van der Waals surface area contributed by atoms with Crippen LogP contribution in [0, 0.1) is 0 Å². The Morgan fingerprint density at radius 2 is 1.81 bits per heavy atom. The number of benzene rings is 2. The van der Waals surface area contributed by atoms with Gasteiger partial charge in [0.25, 0.3) is 5.91 Å². The van der Waals surface area contributed by atoms with E-state index in [0.29, 0.717) is 11.3 Å². The molecule has 0 aliphatic rings. The van der Waals surface area contributed by atoms with Crippen LogP contribution in [0.2, 0.25) is 0 Å². The number of hydrogen-bond donors (Lipinski definition) is 2. The molecule has 0 bridgehead atoms. The van der Waals surface area contributed by atoms with Crippen LogP contribution in [0.15, 0.2) is 59.0 Å². The van der Waals surface area contributed by atoms with Crippen molar-refractivity contribution in [3.8, 4) is 5.75 Å². The number of fused-ring (bicyclic) bond motifs is 1. The Morgan fingerprint density at radius 1 is 1.04 bits per heavy atom. The number of aryl methyl sites for hydroxylation is 1. The van der Waals surface area contributed by atoms with Crippen LogP contribution in [0.1, 0.15) is 29.5 Å². The predicted molar refractivity (Wildman–Crippen MR) is 97.8 cm³/mol. The van der Waals surface area contributed by atoms with Crippen molar-refractivity contribution in [3.05, 3.63) is 65.9 Å². The fraction of sp³-hybridized carbons (Fsp3) is 0.200. The minimum absolute atomic E-state index is 0.124. The first-order valence-electron chi connectivity index (χ1n) is 8.45. The van der Waals surface area contributed by atoms with Crippen LogP contribution in [0.4, 0.5) is 0 Å². The molecule has 0 aliphatic heterocycles. The highest BCUT2D eigenvalue weighted by molar-refractivity contribution is 5.97. The van der Waals surface area contributed by atoms with Gasteiger partial charge in [0, 0.05) is 5.39 Å². The lowest BCUT2D eigenvalue weighted by atomic mass is 10.1. The third-order valence-corrected chi connectivity index (χ3v) is 3.80. The summed E-state index contributed by atoms with van der Waals surface area (Å²) in [6.07, 6.45) is 2.09. The van der Waals surface area contributed by atoms with Crippen molar-refractivity contribution in [1.29, 1.82) is 0 Å². The van der Waals surface area contributed by atoms with E-state index in [-0.39, 0.29) is 12.4 Å². The van der Waals surface area contributed by atoms with Gasteiger partial charge < -0.3 is 9.15 Å². The number of carbonyl (C=O) groups is 2. The number of rotatable bonds is 6. The molecule has 134 valence electrons. The Bertz CT molecular complexity index is 867. The fourth-order valence-corrected chi connectivity index (χ4v) is 2.51. The Kier molecular flexibility index (Phi) is 5.53. The number of para-hydroxylation sites is 1. The van der Waals surface area contributed by atoms with Gasteiger partial charge in [-0.05, 0) is 36.2 Å². The largest absolute Gasteiger partial charge is 0.484 e. The van der Waals surface area contributed by atoms with E-state index >= 15 is 0 Å². The molecule has 0 atom stereocenters. The van der Waals surface area contributed by atoms with E-state index in [4.69, 9.17) is 9.15 Å². The van der Waals surface area contributed by atoms with Crippen LogP contribution in [0.5, 0.6) is 5.75 Å². The van der Waals surface area contributed by atoms with Crippen molar-refractivity contribution < 1.29 is 18.7 Å². The fourth-order valence-electron chi connectivity index (χ4n) is 2.51. The van der Waals surface area contributed by atoms with Gasteiger partial charge in [0.15, 0.2) is 12.4 Å². The Labute approximate surface area is 151 Å². The molecule has 6 heteroatoms. The number of nitrogens with one attached hydrogen (secondary N) is 2. The third-order valence-electron chi connectivity index (χ3n) is 3.80. The van der Waals surface area contributed by atoms with E-state index < -0.39 is 11.8 Å². The smallest absolute Gasteiger partial charge is 0.305 e. The second-order valence-corrected chi connectivity index (χ2v) is 5.83. The van der Waals surface area contributed by atoms with Crippen molar-refractivity contribution in [2.24, 2.45) is 0 Å². The molecule has 0 spiro atoms. The molecule has 6 nitrogen and oxygen atoms in total. The van der Waals surface area contributed by atoms with Crippen LogP contribution in [0.25, 0.3) is 11.0 Å². The quantitative estimate of drug-likeness (QED) is 0.668. The molecule has 3 aromatic rings. The molecule has 0 fully saturated rings. The van der Waals surface area contributed by atoms with Gasteiger partial charge in [-0.15, -0.1) is 0 Å². The molecule has 1 heterocycles. The Balaban J connectivity index is 1.46. The summed E-state index contributed by atoms with van der Waals surface area (Å²) < 4.78 is 10.8. The highest BCUT2D eigenvalue weighted by Crippen LogP contribution is 2.18. The Morgan fingerprint density at radius 3 is 2.54 bits per heavy atom. The molecule has 3 rings (SSSR count). The molecular weight excluding hydrogens is 332 g/mol. The van der Waals surface area contributed by atoms with Crippen molar-refractivity contribution in [2.45, 2.75) is 19.8 Å². The predicted octanol–water partition coefficient (Wildman–Crippen LogP) is 3.23. The molecular formula is C20H20N2O4. The summed E-state index contributed by atoms with van der Waals surface area (Å²) in [5.74, 6) is -0.270. The molecule has 26 heavy (non-hydrogen) atoms. The second-order valence-electron chi connectivity index (χ2n) is 5.83. The number of amides is 2. The van der Waals surface area contributed by atoms with Crippen molar-refractivity contribution in [2.75, 3.05) is 6.61 Å². The zero-order chi connectivity index (χ0) is 18.4. The normalized spacial score (nSPS) is 10.5. The first kappa shape index (κ1) is 17.5. The number of furan rings is 1. The van der Waals surface area contributed by atoms with Crippen LogP contribution in [-0.2, 0) is 11.2 Å². The van der Waals surface area contributed by atoms with Gasteiger partial charge in [0.2, 0.25) is 0 Å². The van der Waals surface area contributed by atoms with Gasteiger partial charge in [0.05, 0.1) is 0 Å². The first-order chi connectivity index (χ1) is 12.7. The van der Waals surface area contributed by atoms with Gasteiger partial charge in [-0.25, -0.2) is 0 Å². The van der Waals surface area contributed by atoms with Crippen molar-refractivity contribution in [1.82, 2.24) is 10.9 Å². The Hall–Kier alpha value is -3.28. The van der Waals surface area contributed by atoms with Gasteiger partial charge in [-0.2, -0.15) is 0 Å². The lowest BCUT2D eigenvalue weighted by Crippen LogP contribution is -2.43. The van der Waals surface area contributed by atoms with E-state index in [1.807, 2.05) is 42.5 Å². The van der Waals surface area contributed by atoms with Gasteiger partial charge in [-0.3, -0.25) is 20.4 Å². The molecule has 2 N–H and O–H groups in total. The average Bonchev–Trinajstić information content (AvgIpc) is 3.10. The number of hydrogen-bond acceptors (Lipinski definition) is 4. The van der Waals surface area contributed by atoms with Crippen molar-refractivity contribution >= 4 is 22.8 Å². The summed E-state index contributed by atoms with van der Waals surface area (Å²) in [6, 6.07) is 16.5. The summed E-state index contributed by atoms with van der Waals surface area (Å²) in [7, 11) is 0. The zero-order valence-electron chi connectivity index (χ0n) is 14.5. The van der Waals surface area contributed by atoms with Gasteiger partial charge in [-0.1, -0.05) is 43.7 Å². The van der Waals surface area contributed by atoms with Crippen LogP contribution < -0.4 is 15.6 Å². The van der Waals surface area contributed by atoms with Crippen LogP contribution in [0.3, 0.4) is 0 Å². The summed E-state index contributed by atoms with van der Waals surface area (Å²) in [5, 5.41) is 0.818. The summed E-state index contributed by atoms with van der Waals surface area (Å²) >= 11 is 0. The molecule has 2 amide bonds. The number of ether oxygens (including phenoxy) is 1. The first-order valence-corrected chi connectivity index (χ1v) is 8.45. The molecule has 2 aromatic carbocycles. The van der Waals surface area contributed by atoms with E-state index in [0.717, 1.165) is 18.2 Å². The maximum atomic E-state index is 12.0. The minimum atomic E-state index is -0.529. The monoisotopic (exact) mass is 352 g/mol. The maximum Gasteiger partial charge on any atom is 0.305 e. The van der Waals surface area contributed by atoms with Gasteiger partial charge in [0.1, 0.15) is 11.3 Å². The van der Waals surface area contributed by atoms with Crippen LogP contribution in [-0.4, -0.2) is 18.4 Å². The SMILES string of the molecule is CCCc1ccc(OCC(=O)NNC(=O)c2cc3ccccc3o2)cc1. The molecule has 0 aliphatic carbocycles. The molecule has 0 radical (unpaired) electrons. The summed E-state index contributed by atoms with van der Waals surface area (Å²) in [4.78, 5) is 23.8. The maximum absolute atomic E-state index is 12.0. The number of hydrazine groups is 1. The summed E-state index contributed by atoms with van der Waals surface area (Å²) in [6.45, 7) is 1.92. The molecule has 1 aromatic heterocycles.